The van der Waals surface area contributed by atoms with E-state index in [1.54, 1.807) is 0 Å². The van der Waals surface area contributed by atoms with Crippen LogP contribution in [0.2, 0.25) is 0 Å². The third-order valence-electron chi connectivity index (χ3n) is 3.91. The molecule has 112 valence electrons. The van der Waals surface area contributed by atoms with Gasteiger partial charge in [-0.2, -0.15) is 0 Å². The normalized spacial score (nSPS) is 11.0. The zero-order valence-corrected chi connectivity index (χ0v) is 13.7. The van der Waals surface area contributed by atoms with Gasteiger partial charge in [-0.1, -0.05) is 37.6 Å². The lowest BCUT2D eigenvalue weighted by atomic mass is 9.99. The molecule has 2 heteroatoms. The number of ether oxygens (including phenoxy) is 1. The number of hydrogen-bond acceptors (Lipinski definition) is 2. The molecule has 21 heavy (non-hydrogen) atoms. The summed E-state index contributed by atoms with van der Waals surface area (Å²) in [5, 5.41) is 0. The summed E-state index contributed by atoms with van der Waals surface area (Å²) in [7, 11) is 0. The minimum Gasteiger partial charge on any atom is -0.489 e. The van der Waals surface area contributed by atoms with Gasteiger partial charge in [0.25, 0.3) is 0 Å². The average molecular weight is 283 g/mol. The van der Waals surface area contributed by atoms with Crippen LogP contribution < -0.4 is 10.5 Å². The van der Waals surface area contributed by atoms with Crippen molar-refractivity contribution in [1.82, 2.24) is 0 Å². The third-order valence-corrected chi connectivity index (χ3v) is 3.91. The Hall–Kier alpha value is -1.96. The van der Waals surface area contributed by atoms with Crippen molar-refractivity contribution in [1.29, 1.82) is 0 Å². The lowest BCUT2D eigenvalue weighted by Crippen LogP contribution is -2.03. The minimum absolute atomic E-state index is 0.390. The van der Waals surface area contributed by atoms with Gasteiger partial charge in [0, 0.05) is 5.69 Å². The molecule has 0 unspecified atom stereocenters. The maximum absolute atomic E-state index is 6.10. The van der Waals surface area contributed by atoms with Crippen LogP contribution in [0.15, 0.2) is 30.3 Å². The molecular weight excluding hydrogens is 258 g/mol. The summed E-state index contributed by atoms with van der Waals surface area (Å²) < 4.78 is 6.10. The molecular formula is C19H25NO. The predicted octanol–water partition coefficient (Wildman–Crippen LogP) is 4.90. The van der Waals surface area contributed by atoms with Gasteiger partial charge in [0.1, 0.15) is 12.4 Å². The van der Waals surface area contributed by atoms with Crippen LogP contribution >= 0.6 is 0 Å². The molecule has 0 saturated heterocycles. The molecule has 0 amide bonds. The Bertz CT molecular complexity index is 644. The first kappa shape index (κ1) is 15.4. The number of aryl methyl sites for hydroxylation is 3. The van der Waals surface area contributed by atoms with E-state index in [1.807, 2.05) is 13.0 Å². The van der Waals surface area contributed by atoms with Crippen molar-refractivity contribution in [2.24, 2.45) is 0 Å². The number of benzene rings is 2. The summed E-state index contributed by atoms with van der Waals surface area (Å²) in [4.78, 5) is 0. The van der Waals surface area contributed by atoms with Gasteiger partial charge in [0.05, 0.1) is 0 Å². The van der Waals surface area contributed by atoms with Crippen LogP contribution in [0.25, 0.3) is 0 Å². The van der Waals surface area contributed by atoms with E-state index in [1.165, 1.54) is 22.3 Å². The van der Waals surface area contributed by atoms with E-state index >= 15 is 0 Å². The topological polar surface area (TPSA) is 35.2 Å². The second-order valence-corrected chi connectivity index (χ2v) is 6.12. The fraction of sp³-hybridized carbons (Fsp3) is 0.368. The van der Waals surface area contributed by atoms with Gasteiger partial charge >= 0.3 is 0 Å². The van der Waals surface area contributed by atoms with Gasteiger partial charge in [-0.15, -0.1) is 0 Å². The Morgan fingerprint density at radius 3 is 2.38 bits per heavy atom. The summed E-state index contributed by atoms with van der Waals surface area (Å²) in [6.07, 6.45) is 0. The maximum Gasteiger partial charge on any atom is 0.123 e. The highest BCUT2D eigenvalue weighted by atomic mass is 16.5. The highest BCUT2D eigenvalue weighted by Crippen LogP contribution is 2.31. The fourth-order valence-electron chi connectivity index (χ4n) is 2.40. The zero-order valence-electron chi connectivity index (χ0n) is 13.7. The molecule has 2 aromatic carbocycles. The van der Waals surface area contributed by atoms with Crippen LogP contribution in [0.5, 0.6) is 5.75 Å². The maximum atomic E-state index is 6.10. The first-order valence-corrected chi connectivity index (χ1v) is 7.47. The molecule has 0 saturated carbocycles. The molecule has 0 heterocycles. The van der Waals surface area contributed by atoms with E-state index in [-0.39, 0.29) is 0 Å². The largest absolute Gasteiger partial charge is 0.489 e. The Labute approximate surface area is 127 Å². The van der Waals surface area contributed by atoms with E-state index in [9.17, 15) is 0 Å². The van der Waals surface area contributed by atoms with Crippen LogP contribution in [-0.4, -0.2) is 0 Å². The molecule has 0 aromatic heterocycles. The molecule has 2 aromatic rings. The predicted molar refractivity (Wildman–Crippen MR) is 89.9 cm³/mol. The quantitative estimate of drug-likeness (QED) is 0.810. The van der Waals surface area contributed by atoms with Crippen LogP contribution in [0, 0.1) is 20.8 Å². The average Bonchev–Trinajstić information content (AvgIpc) is 2.42. The Morgan fingerprint density at radius 2 is 1.71 bits per heavy atom. The van der Waals surface area contributed by atoms with Crippen molar-refractivity contribution >= 4 is 5.69 Å². The number of hydrogen-bond donors (Lipinski definition) is 1. The number of anilines is 1. The Kier molecular flexibility index (Phi) is 4.56. The Morgan fingerprint density at radius 1 is 1.00 bits per heavy atom. The Balaban J connectivity index is 2.27. The van der Waals surface area contributed by atoms with E-state index in [4.69, 9.17) is 10.5 Å². The highest BCUT2D eigenvalue weighted by molar-refractivity contribution is 5.55. The standard InChI is InChI=1S/C19H25NO/c1-12(2)17-10-18(20)15(5)9-19(17)21-11-16-8-13(3)6-7-14(16)4/h6-10,12H,11,20H2,1-5H3. The van der Waals surface area contributed by atoms with E-state index in [0.29, 0.717) is 12.5 Å². The molecule has 0 atom stereocenters. The molecule has 0 aliphatic carbocycles. The van der Waals surface area contributed by atoms with E-state index in [0.717, 1.165) is 17.0 Å². The van der Waals surface area contributed by atoms with Crippen molar-refractivity contribution in [2.75, 3.05) is 5.73 Å². The number of nitrogens with two attached hydrogens (primary N) is 1. The van der Waals surface area contributed by atoms with Crippen LogP contribution in [0.4, 0.5) is 5.69 Å². The van der Waals surface area contributed by atoms with Crippen molar-refractivity contribution in [3.63, 3.8) is 0 Å². The molecule has 0 spiro atoms. The van der Waals surface area contributed by atoms with Crippen molar-refractivity contribution in [2.45, 2.75) is 47.1 Å². The van der Waals surface area contributed by atoms with Gasteiger partial charge in [-0.3, -0.25) is 0 Å². The molecule has 0 fully saturated rings. The van der Waals surface area contributed by atoms with Crippen molar-refractivity contribution < 1.29 is 4.74 Å². The van der Waals surface area contributed by atoms with Gasteiger partial charge in [-0.05, 0) is 61.1 Å². The van der Waals surface area contributed by atoms with Gasteiger partial charge in [-0.25, -0.2) is 0 Å². The summed E-state index contributed by atoms with van der Waals surface area (Å²) in [5.41, 5.74) is 12.8. The number of rotatable bonds is 4. The number of nitrogen functional groups attached to an aromatic ring is 1. The van der Waals surface area contributed by atoms with Crippen LogP contribution in [0.3, 0.4) is 0 Å². The lowest BCUT2D eigenvalue weighted by molar-refractivity contribution is 0.301. The second-order valence-electron chi connectivity index (χ2n) is 6.12. The first-order valence-electron chi connectivity index (χ1n) is 7.47. The van der Waals surface area contributed by atoms with Gasteiger partial charge in [0.2, 0.25) is 0 Å². The minimum atomic E-state index is 0.390. The molecule has 0 radical (unpaired) electrons. The van der Waals surface area contributed by atoms with Gasteiger partial charge < -0.3 is 10.5 Å². The molecule has 0 aliphatic rings. The SMILES string of the molecule is Cc1ccc(C)c(COc2cc(C)c(N)cc2C(C)C)c1. The molecule has 2 nitrogen and oxygen atoms in total. The monoisotopic (exact) mass is 283 g/mol. The smallest absolute Gasteiger partial charge is 0.123 e. The summed E-state index contributed by atoms with van der Waals surface area (Å²) in [6, 6.07) is 10.6. The lowest BCUT2D eigenvalue weighted by Gasteiger charge is -2.17. The summed E-state index contributed by atoms with van der Waals surface area (Å²) in [5.74, 6) is 1.33. The molecule has 0 aliphatic heterocycles. The van der Waals surface area contributed by atoms with Crippen LogP contribution in [0.1, 0.15) is 47.6 Å². The molecule has 0 bridgehead atoms. The second kappa shape index (κ2) is 6.21. The van der Waals surface area contributed by atoms with Crippen LogP contribution in [-0.2, 0) is 6.61 Å². The summed E-state index contributed by atoms with van der Waals surface area (Å²) in [6.45, 7) is 11.2. The molecule has 2 N–H and O–H groups in total. The zero-order chi connectivity index (χ0) is 15.6. The van der Waals surface area contributed by atoms with Gasteiger partial charge in [0.15, 0.2) is 0 Å². The van der Waals surface area contributed by atoms with Crippen molar-refractivity contribution in [3.8, 4) is 5.75 Å². The fourth-order valence-corrected chi connectivity index (χ4v) is 2.40. The van der Waals surface area contributed by atoms with E-state index in [2.05, 4.69) is 52.0 Å². The first-order chi connectivity index (χ1) is 9.88. The summed E-state index contributed by atoms with van der Waals surface area (Å²) >= 11 is 0. The van der Waals surface area contributed by atoms with E-state index < -0.39 is 0 Å². The third kappa shape index (κ3) is 3.57. The molecule has 2 rings (SSSR count). The van der Waals surface area contributed by atoms with Crippen molar-refractivity contribution in [3.05, 3.63) is 58.1 Å². The highest BCUT2D eigenvalue weighted by Gasteiger charge is 2.11.